The number of hydrogen-bond donors (Lipinski definition) is 2. The predicted octanol–water partition coefficient (Wildman–Crippen LogP) is 6.65. The Balaban J connectivity index is 1.34. The monoisotopic (exact) mass is 545 g/mol. The summed E-state index contributed by atoms with van der Waals surface area (Å²) in [7, 11) is 3.18. The number of ether oxygens (including phenoxy) is 2. The van der Waals surface area contributed by atoms with E-state index in [0.29, 0.717) is 16.6 Å². The summed E-state index contributed by atoms with van der Waals surface area (Å²) in [6.45, 7) is 0. The van der Waals surface area contributed by atoms with E-state index in [2.05, 4.69) is 15.6 Å². The fourth-order valence-electron chi connectivity index (χ4n) is 3.90. The van der Waals surface area contributed by atoms with Crippen molar-refractivity contribution in [2.24, 2.45) is 5.92 Å². The quantitative estimate of drug-likeness (QED) is 0.217. The van der Waals surface area contributed by atoms with Crippen molar-refractivity contribution in [2.75, 3.05) is 24.9 Å². The Morgan fingerprint density at radius 1 is 0.947 bits per heavy atom. The van der Waals surface area contributed by atoms with Gasteiger partial charge in [0.1, 0.15) is 5.25 Å². The lowest BCUT2D eigenvalue weighted by Gasteiger charge is -2.17. The number of thioether (sulfide) groups is 1. The zero-order chi connectivity index (χ0) is 26.5. The zero-order valence-corrected chi connectivity index (χ0v) is 22.6. The van der Waals surface area contributed by atoms with E-state index in [1.54, 1.807) is 14.2 Å². The van der Waals surface area contributed by atoms with Crippen LogP contribution in [0.25, 0.3) is 11.3 Å². The zero-order valence-electron chi connectivity index (χ0n) is 21.0. The number of amides is 2. The SMILES string of the molecule is COc1ccc(-c2csc(NC(=O)C(Sc3cccc(NC(=O)C4CC4)c3)c3ccccc3)n2)cc1OC. The number of nitrogens with zero attached hydrogens (tertiary/aromatic N) is 1. The molecule has 0 saturated heterocycles. The minimum absolute atomic E-state index is 0.0542. The summed E-state index contributed by atoms with van der Waals surface area (Å²) in [5.41, 5.74) is 3.20. The lowest BCUT2D eigenvalue weighted by Crippen LogP contribution is -2.19. The average molecular weight is 546 g/mol. The summed E-state index contributed by atoms with van der Waals surface area (Å²) in [5.74, 6) is 1.25. The van der Waals surface area contributed by atoms with Crippen molar-refractivity contribution in [1.82, 2.24) is 4.98 Å². The maximum Gasteiger partial charge on any atom is 0.244 e. The first-order valence-corrected chi connectivity index (χ1v) is 13.9. The third kappa shape index (κ3) is 6.17. The van der Waals surface area contributed by atoms with Gasteiger partial charge in [-0.15, -0.1) is 23.1 Å². The van der Waals surface area contributed by atoms with Crippen molar-refractivity contribution in [3.05, 3.63) is 83.7 Å². The molecule has 2 N–H and O–H groups in total. The van der Waals surface area contributed by atoms with E-state index in [4.69, 9.17) is 9.47 Å². The van der Waals surface area contributed by atoms with Gasteiger partial charge in [0.05, 0.1) is 19.9 Å². The number of hydrogen-bond acceptors (Lipinski definition) is 7. The molecule has 1 atom stereocenters. The number of benzene rings is 3. The Labute approximate surface area is 229 Å². The van der Waals surface area contributed by atoms with Crippen LogP contribution in [0, 0.1) is 5.92 Å². The van der Waals surface area contributed by atoms with E-state index >= 15 is 0 Å². The Bertz CT molecular complexity index is 1440. The van der Waals surface area contributed by atoms with Crippen LogP contribution in [0.5, 0.6) is 11.5 Å². The highest BCUT2D eigenvalue weighted by Gasteiger charge is 2.29. The number of rotatable bonds is 10. The maximum atomic E-state index is 13.5. The third-order valence-corrected chi connectivity index (χ3v) is 8.06. The van der Waals surface area contributed by atoms with Crippen LogP contribution in [0.4, 0.5) is 10.8 Å². The molecule has 0 radical (unpaired) electrons. The molecule has 3 aromatic carbocycles. The summed E-state index contributed by atoms with van der Waals surface area (Å²) in [5, 5.41) is 7.86. The van der Waals surface area contributed by atoms with Crippen molar-refractivity contribution < 1.29 is 19.1 Å². The lowest BCUT2D eigenvalue weighted by molar-refractivity contribution is -0.117. The Morgan fingerprint density at radius 2 is 1.74 bits per heavy atom. The van der Waals surface area contributed by atoms with Gasteiger partial charge in [-0.05, 0) is 54.8 Å². The summed E-state index contributed by atoms with van der Waals surface area (Å²) in [6, 6.07) is 22.8. The number of carbonyl (C=O) groups is 2. The van der Waals surface area contributed by atoms with E-state index in [9.17, 15) is 9.59 Å². The van der Waals surface area contributed by atoms with E-state index in [1.807, 2.05) is 78.2 Å². The molecule has 1 heterocycles. The molecule has 7 nitrogen and oxygen atoms in total. The molecule has 0 bridgehead atoms. The normalized spacial score (nSPS) is 13.4. The van der Waals surface area contributed by atoms with Gasteiger partial charge in [0.2, 0.25) is 11.8 Å². The molecule has 1 fully saturated rings. The van der Waals surface area contributed by atoms with E-state index in [-0.39, 0.29) is 17.7 Å². The summed E-state index contributed by atoms with van der Waals surface area (Å²) in [6.07, 6.45) is 1.89. The topological polar surface area (TPSA) is 89.6 Å². The van der Waals surface area contributed by atoms with Gasteiger partial charge in [-0.2, -0.15) is 0 Å². The Morgan fingerprint density at radius 3 is 2.47 bits per heavy atom. The minimum atomic E-state index is -0.515. The lowest BCUT2D eigenvalue weighted by atomic mass is 10.1. The first-order chi connectivity index (χ1) is 18.5. The van der Waals surface area contributed by atoms with Crippen LogP contribution in [-0.2, 0) is 9.59 Å². The third-order valence-electron chi connectivity index (χ3n) is 6.06. The Hall–Kier alpha value is -3.82. The fourth-order valence-corrected chi connectivity index (χ4v) is 5.71. The largest absolute Gasteiger partial charge is 0.493 e. The number of methoxy groups -OCH3 is 2. The van der Waals surface area contributed by atoms with Crippen LogP contribution in [0.1, 0.15) is 23.7 Å². The Kier molecular flexibility index (Phi) is 7.95. The molecule has 4 aromatic rings. The molecular formula is C29H27N3O4S2. The highest BCUT2D eigenvalue weighted by molar-refractivity contribution is 8.00. The number of thiazole rings is 1. The van der Waals surface area contributed by atoms with Gasteiger partial charge in [0, 0.05) is 27.4 Å². The smallest absolute Gasteiger partial charge is 0.244 e. The highest BCUT2D eigenvalue weighted by Crippen LogP contribution is 2.39. The molecule has 194 valence electrons. The molecule has 9 heteroatoms. The summed E-state index contributed by atoms with van der Waals surface area (Å²) < 4.78 is 10.7. The van der Waals surface area contributed by atoms with Crippen molar-refractivity contribution in [3.63, 3.8) is 0 Å². The van der Waals surface area contributed by atoms with Crippen LogP contribution >= 0.6 is 23.1 Å². The number of aromatic nitrogens is 1. The molecule has 0 spiro atoms. The van der Waals surface area contributed by atoms with Crippen LogP contribution in [0.3, 0.4) is 0 Å². The van der Waals surface area contributed by atoms with Gasteiger partial charge in [0.15, 0.2) is 16.6 Å². The van der Waals surface area contributed by atoms with Crippen LogP contribution in [0.15, 0.2) is 83.1 Å². The van der Waals surface area contributed by atoms with E-state index in [1.165, 1.54) is 23.1 Å². The van der Waals surface area contributed by atoms with Gasteiger partial charge in [0.25, 0.3) is 0 Å². The van der Waals surface area contributed by atoms with E-state index < -0.39 is 5.25 Å². The second kappa shape index (κ2) is 11.7. The van der Waals surface area contributed by atoms with Gasteiger partial charge in [-0.3, -0.25) is 9.59 Å². The minimum Gasteiger partial charge on any atom is -0.493 e. The van der Waals surface area contributed by atoms with Crippen molar-refractivity contribution >= 4 is 45.7 Å². The number of anilines is 2. The molecule has 1 aliphatic carbocycles. The summed E-state index contributed by atoms with van der Waals surface area (Å²) >= 11 is 2.79. The molecule has 1 aliphatic rings. The predicted molar refractivity (Wildman–Crippen MR) is 152 cm³/mol. The first-order valence-electron chi connectivity index (χ1n) is 12.2. The molecule has 1 aromatic heterocycles. The van der Waals surface area contributed by atoms with Crippen LogP contribution in [-0.4, -0.2) is 31.0 Å². The summed E-state index contributed by atoms with van der Waals surface area (Å²) in [4.78, 5) is 31.3. The maximum absolute atomic E-state index is 13.5. The number of carbonyl (C=O) groups excluding carboxylic acids is 2. The molecule has 38 heavy (non-hydrogen) atoms. The van der Waals surface area contributed by atoms with Crippen molar-refractivity contribution in [1.29, 1.82) is 0 Å². The molecule has 5 rings (SSSR count). The number of nitrogens with one attached hydrogen (secondary N) is 2. The van der Waals surface area contributed by atoms with Gasteiger partial charge < -0.3 is 20.1 Å². The fraction of sp³-hybridized carbons (Fsp3) is 0.207. The standard InChI is InChI=1S/C29H27N3O4S2/c1-35-24-14-13-20(15-25(24)36-2)23-17-37-29(31-23)32-28(34)26(18-7-4-3-5-8-18)38-22-10-6-9-21(16-22)30-27(33)19-11-12-19/h3-10,13-17,19,26H,11-12H2,1-2H3,(H,30,33)(H,31,32,34). The second-order valence-electron chi connectivity index (χ2n) is 8.80. The highest BCUT2D eigenvalue weighted by atomic mass is 32.2. The first kappa shape index (κ1) is 25.8. The molecule has 0 aliphatic heterocycles. The van der Waals surface area contributed by atoms with Crippen molar-refractivity contribution in [2.45, 2.75) is 23.0 Å². The van der Waals surface area contributed by atoms with Crippen LogP contribution < -0.4 is 20.1 Å². The van der Waals surface area contributed by atoms with Crippen LogP contribution in [0.2, 0.25) is 0 Å². The second-order valence-corrected chi connectivity index (χ2v) is 10.8. The molecular weight excluding hydrogens is 518 g/mol. The molecule has 1 saturated carbocycles. The van der Waals surface area contributed by atoms with Crippen molar-refractivity contribution in [3.8, 4) is 22.8 Å². The van der Waals surface area contributed by atoms with E-state index in [0.717, 1.165) is 40.2 Å². The molecule has 1 unspecified atom stereocenters. The van der Waals surface area contributed by atoms with Gasteiger partial charge >= 0.3 is 0 Å². The average Bonchev–Trinajstić information content (AvgIpc) is 3.71. The van der Waals surface area contributed by atoms with Gasteiger partial charge in [-0.1, -0.05) is 36.4 Å². The molecule has 2 amide bonds. The van der Waals surface area contributed by atoms with Gasteiger partial charge in [-0.25, -0.2) is 4.98 Å².